The van der Waals surface area contributed by atoms with Gasteiger partial charge in [0.05, 0.1) is 5.60 Å². The van der Waals surface area contributed by atoms with Crippen LogP contribution in [0.15, 0.2) is 0 Å². The summed E-state index contributed by atoms with van der Waals surface area (Å²) in [5.41, 5.74) is -0.525. The van der Waals surface area contributed by atoms with E-state index in [2.05, 4.69) is 4.90 Å². The highest BCUT2D eigenvalue weighted by atomic mass is 16.3. The molecule has 1 saturated heterocycles. The average molecular weight is 242 g/mol. The second-order valence-electron chi connectivity index (χ2n) is 5.19. The molecule has 1 heterocycles. The zero-order chi connectivity index (χ0) is 12.9. The first kappa shape index (κ1) is 14.5. The van der Waals surface area contributed by atoms with E-state index in [1.807, 2.05) is 25.7 Å². The van der Waals surface area contributed by atoms with Crippen molar-refractivity contribution in [1.29, 1.82) is 0 Å². The molecule has 0 aromatic rings. The van der Waals surface area contributed by atoms with Gasteiger partial charge in [0.2, 0.25) is 5.91 Å². The summed E-state index contributed by atoms with van der Waals surface area (Å²) in [6.07, 6.45) is 2.36. The number of β-amino-alcohol motifs (C(OH)–C–C–N with tert-alkyl or cyclic N) is 1. The molecule has 0 radical (unpaired) electrons. The van der Waals surface area contributed by atoms with Gasteiger partial charge in [0.15, 0.2) is 0 Å². The second-order valence-corrected chi connectivity index (χ2v) is 5.19. The summed E-state index contributed by atoms with van der Waals surface area (Å²) < 4.78 is 0. The van der Waals surface area contributed by atoms with Crippen molar-refractivity contribution in [3.8, 4) is 0 Å². The first-order valence-electron chi connectivity index (χ1n) is 6.71. The molecule has 1 unspecified atom stereocenters. The molecule has 1 rings (SSSR count). The Morgan fingerprint density at radius 3 is 2.53 bits per heavy atom. The Balaban J connectivity index is 2.18. The van der Waals surface area contributed by atoms with Crippen molar-refractivity contribution in [3.63, 3.8) is 0 Å². The minimum absolute atomic E-state index is 0.251. The molecule has 100 valence electrons. The van der Waals surface area contributed by atoms with E-state index >= 15 is 0 Å². The Hall–Kier alpha value is -0.610. The molecule has 4 nitrogen and oxygen atoms in total. The lowest BCUT2D eigenvalue weighted by Gasteiger charge is -2.21. The predicted octanol–water partition coefficient (Wildman–Crippen LogP) is 1.09. The van der Waals surface area contributed by atoms with Crippen LogP contribution in [0.1, 0.15) is 40.0 Å². The van der Waals surface area contributed by atoms with E-state index in [0.29, 0.717) is 6.42 Å². The van der Waals surface area contributed by atoms with Gasteiger partial charge in [0.1, 0.15) is 0 Å². The summed E-state index contributed by atoms with van der Waals surface area (Å²) in [4.78, 5) is 15.9. The number of carbonyl (C=O) groups excluding carboxylic acids is 1. The predicted molar refractivity (Wildman–Crippen MR) is 68.8 cm³/mol. The summed E-state index contributed by atoms with van der Waals surface area (Å²) in [5.74, 6) is 0.251. The molecule has 17 heavy (non-hydrogen) atoms. The molecule has 0 aliphatic carbocycles. The lowest BCUT2D eigenvalue weighted by Crippen LogP contribution is -2.32. The summed E-state index contributed by atoms with van der Waals surface area (Å²) in [5, 5.41) is 9.82. The van der Waals surface area contributed by atoms with Gasteiger partial charge >= 0.3 is 0 Å². The SMILES string of the molecule is CCN(CC)C(=O)CCCN1CCC(C)(O)C1. The lowest BCUT2D eigenvalue weighted by molar-refractivity contribution is -0.130. The molecule has 0 spiro atoms. The summed E-state index contributed by atoms with van der Waals surface area (Å²) in [6, 6.07) is 0. The van der Waals surface area contributed by atoms with Crippen molar-refractivity contribution in [2.75, 3.05) is 32.7 Å². The molecule has 1 amide bonds. The molecule has 0 bridgehead atoms. The highest BCUT2D eigenvalue weighted by Gasteiger charge is 2.30. The molecule has 4 heteroatoms. The number of nitrogens with zero attached hydrogens (tertiary/aromatic N) is 2. The fraction of sp³-hybridized carbons (Fsp3) is 0.923. The van der Waals surface area contributed by atoms with Gasteiger partial charge < -0.3 is 14.9 Å². The monoisotopic (exact) mass is 242 g/mol. The zero-order valence-electron chi connectivity index (χ0n) is 11.4. The zero-order valence-corrected chi connectivity index (χ0v) is 11.4. The van der Waals surface area contributed by atoms with Crippen LogP contribution < -0.4 is 0 Å². The maximum absolute atomic E-state index is 11.8. The van der Waals surface area contributed by atoms with E-state index in [1.165, 1.54) is 0 Å². The van der Waals surface area contributed by atoms with Gasteiger partial charge in [-0.2, -0.15) is 0 Å². The molecule has 1 N–H and O–H groups in total. The second kappa shape index (κ2) is 6.36. The van der Waals surface area contributed by atoms with Crippen LogP contribution in [0.4, 0.5) is 0 Å². The minimum Gasteiger partial charge on any atom is -0.389 e. The van der Waals surface area contributed by atoms with E-state index in [-0.39, 0.29) is 5.91 Å². The number of rotatable bonds is 6. The van der Waals surface area contributed by atoms with Crippen LogP contribution in [0.25, 0.3) is 0 Å². The van der Waals surface area contributed by atoms with E-state index < -0.39 is 5.60 Å². The molecule has 1 aliphatic heterocycles. The Kier molecular flexibility index (Phi) is 5.40. The third-order valence-electron chi connectivity index (χ3n) is 3.51. The topological polar surface area (TPSA) is 43.8 Å². The maximum atomic E-state index is 11.8. The number of likely N-dealkylation sites (tertiary alicyclic amines) is 1. The van der Waals surface area contributed by atoms with Gasteiger partial charge in [0.25, 0.3) is 0 Å². The summed E-state index contributed by atoms with van der Waals surface area (Å²) >= 11 is 0. The average Bonchev–Trinajstić information content (AvgIpc) is 2.60. The van der Waals surface area contributed by atoms with Crippen molar-refractivity contribution >= 4 is 5.91 Å². The van der Waals surface area contributed by atoms with Gasteiger partial charge in [-0.25, -0.2) is 0 Å². The van der Waals surface area contributed by atoms with E-state index in [9.17, 15) is 9.90 Å². The van der Waals surface area contributed by atoms with Crippen LogP contribution in [0.3, 0.4) is 0 Å². The molecule has 1 aliphatic rings. The smallest absolute Gasteiger partial charge is 0.222 e. The molecular formula is C13H26N2O2. The quantitative estimate of drug-likeness (QED) is 0.758. The number of aliphatic hydroxyl groups is 1. The largest absolute Gasteiger partial charge is 0.389 e. The number of hydrogen-bond acceptors (Lipinski definition) is 3. The van der Waals surface area contributed by atoms with Crippen LogP contribution in [-0.4, -0.2) is 59.1 Å². The Morgan fingerprint density at radius 2 is 2.06 bits per heavy atom. The number of amides is 1. The molecule has 1 fully saturated rings. The normalized spacial score (nSPS) is 25.2. The number of hydrogen-bond donors (Lipinski definition) is 1. The van der Waals surface area contributed by atoms with E-state index in [1.54, 1.807) is 0 Å². The summed E-state index contributed by atoms with van der Waals surface area (Å²) in [6.45, 7) is 10.1. The van der Waals surface area contributed by atoms with E-state index in [4.69, 9.17) is 0 Å². The van der Waals surface area contributed by atoms with Gasteiger partial charge in [0, 0.05) is 32.6 Å². The Bertz CT molecular complexity index is 250. The minimum atomic E-state index is -0.525. The maximum Gasteiger partial charge on any atom is 0.222 e. The molecule has 0 aromatic carbocycles. The molecular weight excluding hydrogens is 216 g/mol. The van der Waals surface area contributed by atoms with Crippen LogP contribution in [-0.2, 0) is 4.79 Å². The van der Waals surface area contributed by atoms with Gasteiger partial charge in [-0.05, 0) is 40.2 Å². The van der Waals surface area contributed by atoms with Gasteiger partial charge in [-0.3, -0.25) is 4.79 Å². The van der Waals surface area contributed by atoms with Crippen molar-refractivity contribution < 1.29 is 9.90 Å². The molecule has 0 saturated carbocycles. The fourth-order valence-corrected chi connectivity index (χ4v) is 2.42. The van der Waals surface area contributed by atoms with Crippen molar-refractivity contribution in [2.24, 2.45) is 0 Å². The third-order valence-corrected chi connectivity index (χ3v) is 3.51. The molecule has 0 aromatic heterocycles. The van der Waals surface area contributed by atoms with Gasteiger partial charge in [-0.15, -0.1) is 0 Å². The number of carbonyl (C=O) groups is 1. The van der Waals surface area contributed by atoms with Crippen molar-refractivity contribution in [3.05, 3.63) is 0 Å². The standard InChI is InChI=1S/C13H26N2O2/c1-4-15(5-2)12(16)7-6-9-14-10-8-13(3,17)11-14/h17H,4-11H2,1-3H3. The lowest BCUT2D eigenvalue weighted by atomic mass is 10.1. The van der Waals surface area contributed by atoms with E-state index in [0.717, 1.165) is 45.6 Å². The molecule has 1 atom stereocenters. The van der Waals surface area contributed by atoms with Crippen molar-refractivity contribution in [2.45, 2.75) is 45.6 Å². The van der Waals surface area contributed by atoms with Crippen LogP contribution in [0.2, 0.25) is 0 Å². The first-order chi connectivity index (χ1) is 7.98. The Labute approximate surface area is 105 Å². The van der Waals surface area contributed by atoms with Gasteiger partial charge in [-0.1, -0.05) is 0 Å². The highest BCUT2D eigenvalue weighted by Crippen LogP contribution is 2.20. The van der Waals surface area contributed by atoms with Crippen LogP contribution >= 0.6 is 0 Å². The third kappa shape index (κ3) is 4.64. The van der Waals surface area contributed by atoms with Crippen LogP contribution in [0.5, 0.6) is 0 Å². The van der Waals surface area contributed by atoms with Crippen molar-refractivity contribution in [1.82, 2.24) is 9.80 Å². The Morgan fingerprint density at radius 1 is 1.41 bits per heavy atom. The summed E-state index contributed by atoms with van der Waals surface area (Å²) in [7, 11) is 0. The fourth-order valence-electron chi connectivity index (χ4n) is 2.42. The highest BCUT2D eigenvalue weighted by molar-refractivity contribution is 5.76. The first-order valence-corrected chi connectivity index (χ1v) is 6.71. The van der Waals surface area contributed by atoms with Crippen LogP contribution in [0, 0.1) is 0 Å².